The van der Waals surface area contributed by atoms with Crippen molar-refractivity contribution in [2.75, 3.05) is 10.7 Å². The molecule has 3 unspecified atom stereocenters. The van der Waals surface area contributed by atoms with Crippen LogP contribution in [0.25, 0.3) is 0 Å². The van der Waals surface area contributed by atoms with Crippen molar-refractivity contribution in [2.45, 2.75) is 52.5 Å². The van der Waals surface area contributed by atoms with Gasteiger partial charge in [-0.05, 0) is 30.6 Å². The van der Waals surface area contributed by atoms with Crippen molar-refractivity contribution in [1.82, 2.24) is 9.97 Å². The van der Waals surface area contributed by atoms with Gasteiger partial charge in [-0.3, -0.25) is 0 Å². The molecule has 19 heavy (non-hydrogen) atoms. The lowest BCUT2D eigenvalue weighted by molar-refractivity contribution is 0.435. The van der Waals surface area contributed by atoms with E-state index in [1.807, 2.05) is 0 Å². The fraction of sp³-hybridized carbons (Fsp3) is 0.714. The molecule has 1 fully saturated rings. The molecule has 0 aromatic carbocycles. The van der Waals surface area contributed by atoms with Gasteiger partial charge in [0.25, 0.3) is 0 Å². The van der Waals surface area contributed by atoms with E-state index in [-0.39, 0.29) is 0 Å². The van der Waals surface area contributed by atoms with E-state index in [0.717, 1.165) is 17.3 Å². The first kappa shape index (κ1) is 14.1. The van der Waals surface area contributed by atoms with Gasteiger partial charge in [-0.2, -0.15) is 0 Å². The number of anilines is 2. The fourth-order valence-electron chi connectivity index (χ4n) is 2.92. The molecule has 1 aromatic rings. The molecule has 1 aliphatic rings. The molecule has 1 heterocycles. The van der Waals surface area contributed by atoms with Gasteiger partial charge in [-0.25, -0.2) is 15.8 Å². The van der Waals surface area contributed by atoms with Gasteiger partial charge < -0.3 is 10.7 Å². The molecule has 0 aliphatic heterocycles. The van der Waals surface area contributed by atoms with Gasteiger partial charge in [0.1, 0.15) is 18.0 Å². The summed E-state index contributed by atoms with van der Waals surface area (Å²) in [5, 5.41) is 3.60. The van der Waals surface area contributed by atoms with Crippen LogP contribution in [-0.4, -0.2) is 16.0 Å². The van der Waals surface area contributed by atoms with Crippen LogP contribution in [0.15, 0.2) is 6.33 Å². The van der Waals surface area contributed by atoms with Crippen LogP contribution < -0.4 is 16.6 Å². The maximum absolute atomic E-state index is 5.55. The number of rotatable bonds is 4. The third kappa shape index (κ3) is 2.81. The number of hydrogen-bond acceptors (Lipinski definition) is 5. The predicted octanol–water partition coefficient (Wildman–Crippen LogP) is 2.73. The Kier molecular flexibility index (Phi) is 4.24. The number of hydrazine groups is 1. The van der Waals surface area contributed by atoms with Crippen LogP contribution in [0.4, 0.5) is 11.6 Å². The highest BCUT2D eigenvalue weighted by molar-refractivity contribution is 5.58. The summed E-state index contributed by atoms with van der Waals surface area (Å²) < 4.78 is 0. The molecular formula is C14H25N5. The Morgan fingerprint density at radius 2 is 1.89 bits per heavy atom. The average Bonchev–Trinajstić information content (AvgIpc) is 2.70. The monoisotopic (exact) mass is 263 g/mol. The highest BCUT2D eigenvalue weighted by atomic mass is 15.3. The van der Waals surface area contributed by atoms with Crippen molar-refractivity contribution in [3.05, 3.63) is 11.9 Å². The smallest absolute Gasteiger partial charge is 0.148 e. The third-order valence-electron chi connectivity index (χ3n) is 4.39. The zero-order valence-electron chi connectivity index (χ0n) is 12.3. The van der Waals surface area contributed by atoms with Gasteiger partial charge in [0.15, 0.2) is 0 Å². The second kappa shape index (κ2) is 5.74. The molecule has 0 saturated heterocycles. The van der Waals surface area contributed by atoms with E-state index in [1.165, 1.54) is 12.8 Å². The number of nitrogens with two attached hydrogens (primary N) is 1. The number of nitrogen functional groups attached to an aromatic ring is 1. The second-order valence-corrected chi connectivity index (χ2v) is 5.95. The molecule has 0 bridgehead atoms. The standard InChI is InChI=1S/C14H25N5/c1-8(2)12-13(16-7-17-14(12)19-15)18-11-6-5-9(3)10(11)4/h7-11H,5-6,15H2,1-4H3,(H2,16,17,18,19). The lowest BCUT2D eigenvalue weighted by Gasteiger charge is -2.23. The van der Waals surface area contributed by atoms with E-state index in [4.69, 9.17) is 5.84 Å². The molecule has 1 aromatic heterocycles. The summed E-state index contributed by atoms with van der Waals surface area (Å²) in [7, 11) is 0. The van der Waals surface area contributed by atoms with Crippen LogP contribution in [0.5, 0.6) is 0 Å². The minimum Gasteiger partial charge on any atom is -0.367 e. The first-order valence-electron chi connectivity index (χ1n) is 7.12. The zero-order valence-corrected chi connectivity index (χ0v) is 12.3. The van der Waals surface area contributed by atoms with Crippen molar-refractivity contribution in [2.24, 2.45) is 17.7 Å². The minimum absolute atomic E-state index is 0.323. The molecule has 106 valence electrons. The SMILES string of the molecule is CC(C)c1c(NN)ncnc1NC1CCC(C)C1C. The first-order chi connectivity index (χ1) is 9.04. The largest absolute Gasteiger partial charge is 0.367 e. The normalized spacial score (nSPS) is 26.7. The number of nitrogens with zero attached hydrogens (tertiary/aromatic N) is 2. The molecule has 0 radical (unpaired) electrons. The molecule has 1 saturated carbocycles. The van der Waals surface area contributed by atoms with E-state index < -0.39 is 0 Å². The van der Waals surface area contributed by atoms with Gasteiger partial charge >= 0.3 is 0 Å². The average molecular weight is 263 g/mol. The van der Waals surface area contributed by atoms with Crippen LogP contribution >= 0.6 is 0 Å². The predicted molar refractivity (Wildman–Crippen MR) is 78.9 cm³/mol. The lowest BCUT2D eigenvalue weighted by atomic mass is 9.97. The Morgan fingerprint density at radius 1 is 1.21 bits per heavy atom. The molecule has 5 nitrogen and oxygen atoms in total. The Bertz CT molecular complexity index is 432. The number of hydrogen-bond donors (Lipinski definition) is 3. The van der Waals surface area contributed by atoms with Crippen molar-refractivity contribution in [3.8, 4) is 0 Å². The summed E-state index contributed by atoms with van der Waals surface area (Å²) in [6.07, 6.45) is 4.05. The highest BCUT2D eigenvalue weighted by Gasteiger charge is 2.30. The van der Waals surface area contributed by atoms with Crippen LogP contribution in [0.2, 0.25) is 0 Å². The van der Waals surface area contributed by atoms with Crippen LogP contribution in [0.1, 0.15) is 52.0 Å². The van der Waals surface area contributed by atoms with Crippen molar-refractivity contribution >= 4 is 11.6 Å². The van der Waals surface area contributed by atoms with Crippen molar-refractivity contribution in [1.29, 1.82) is 0 Å². The Balaban J connectivity index is 2.25. The minimum atomic E-state index is 0.323. The summed E-state index contributed by atoms with van der Waals surface area (Å²) in [5.41, 5.74) is 3.74. The summed E-state index contributed by atoms with van der Waals surface area (Å²) >= 11 is 0. The van der Waals surface area contributed by atoms with Gasteiger partial charge in [-0.1, -0.05) is 27.7 Å². The first-order valence-corrected chi connectivity index (χ1v) is 7.12. The molecule has 3 atom stereocenters. The quantitative estimate of drug-likeness (QED) is 0.575. The Morgan fingerprint density at radius 3 is 2.42 bits per heavy atom. The van der Waals surface area contributed by atoms with Gasteiger partial charge in [0, 0.05) is 11.6 Å². The van der Waals surface area contributed by atoms with Gasteiger partial charge in [-0.15, -0.1) is 0 Å². The van der Waals surface area contributed by atoms with E-state index in [0.29, 0.717) is 23.7 Å². The second-order valence-electron chi connectivity index (χ2n) is 5.95. The molecule has 5 heteroatoms. The van der Waals surface area contributed by atoms with Gasteiger partial charge in [0.2, 0.25) is 0 Å². The van der Waals surface area contributed by atoms with Gasteiger partial charge in [0.05, 0.1) is 0 Å². The van der Waals surface area contributed by atoms with Crippen molar-refractivity contribution < 1.29 is 0 Å². The van der Waals surface area contributed by atoms with Crippen LogP contribution in [-0.2, 0) is 0 Å². The molecular weight excluding hydrogens is 238 g/mol. The third-order valence-corrected chi connectivity index (χ3v) is 4.39. The maximum atomic E-state index is 5.55. The summed E-state index contributed by atoms with van der Waals surface area (Å²) in [6.45, 7) is 8.90. The zero-order chi connectivity index (χ0) is 14.0. The van der Waals surface area contributed by atoms with Crippen molar-refractivity contribution in [3.63, 3.8) is 0 Å². The molecule has 1 aliphatic carbocycles. The molecule has 2 rings (SSSR count). The van der Waals surface area contributed by atoms with E-state index in [9.17, 15) is 0 Å². The van der Waals surface area contributed by atoms with Crippen LogP contribution in [0.3, 0.4) is 0 Å². The summed E-state index contributed by atoms with van der Waals surface area (Å²) in [5.74, 6) is 8.95. The summed E-state index contributed by atoms with van der Waals surface area (Å²) in [6, 6.07) is 0.494. The Hall–Kier alpha value is -1.36. The topological polar surface area (TPSA) is 75.9 Å². The molecule has 4 N–H and O–H groups in total. The van der Waals surface area contributed by atoms with E-state index in [1.54, 1.807) is 6.33 Å². The molecule has 0 spiro atoms. The highest BCUT2D eigenvalue weighted by Crippen LogP contribution is 2.35. The number of aromatic nitrogens is 2. The molecule has 0 amide bonds. The Labute approximate surface area is 115 Å². The van der Waals surface area contributed by atoms with E-state index >= 15 is 0 Å². The van der Waals surface area contributed by atoms with Crippen LogP contribution in [0, 0.1) is 11.8 Å². The van der Waals surface area contributed by atoms with E-state index in [2.05, 4.69) is 48.4 Å². The summed E-state index contributed by atoms with van der Waals surface area (Å²) in [4.78, 5) is 8.61. The number of nitrogens with one attached hydrogen (secondary N) is 2. The maximum Gasteiger partial charge on any atom is 0.148 e. The fourth-order valence-corrected chi connectivity index (χ4v) is 2.92. The lowest BCUT2D eigenvalue weighted by Crippen LogP contribution is -2.26.